The summed E-state index contributed by atoms with van der Waals surface area (Å²) >= 11 is 1.61. The van der Waals surface area contributed by atoms with Gasteiger partial charge in [0.1, 0.15) is 0 Å². The van der Waals surface area contributed by atoms with Crippen molar-refractivity contribution in [3.63, 3.8) is 0 Å². The van der Waals surface area contributed by atoms with Crippen molar-refractivity contribution < 1.29 is 4.92 Å². The molecule has 0 aliphatic heterocycles. The minimum Gasteiger partial charge on any atom is -0.258 e. The highest BCUT2D eigenvalue weighted by Crippen LogP contribution is 2.37. The van der Waals surface area contributed by atoms with Gasteiger partial charge in [-0.25, -0.2) is 9.67 Å². The van der Waals surface area contributed by atoms with Crippen LogP contribution in [0.15, 0.2) is 36.0 Å². The molecule has 0 atom stereocenters. The molecule has 1 aliphatic rings. The minimum absolute atomic E-state index is 0.0817. The van der Waals surface area contributed by atoms with Crippen molar-refractivity contribution in [1.29, 1.82) is 0 Å². The molecule has 0 radical (unpaired) electrons. The number of fused-ring (bicyclic) bond motifs is 3. The van der Waals surface area contributed by atoms with Gasteiger partial charge in [-0.2, -0.15) is 5.10 Å². The minimum atomic E-state index is -0.399. The number of thiazole rings is 1. The molecule has 0 spiro atoms. The maximum Gasteiger partial charge on any atom is 0.269 e. The van der Waals surface area contributed by atoms with Crippen LogP contribution in [0.5, 0.6) is 0 Å². The second-order valence-electron chi connectivity index (χ2n) is 4.83. The number of nitrogens with zero attached hydrogens (tertiary/aromatic N) is 4. The maximum atomic E-state index is 10.7. The van der Waals surface area contributed by atoms with Crippen LogP contribution in [0.2, 0.25) is 0 Å². The van der Waals surface area contributed by atoms with Gasteiger partial charge in [-0.05, 0) is 30.5 Å². The van der Waals surface area contributed by atoms with E-state index in [0.29, 0.717) is 0 Å². The average molecular weight is 298 g/mol. The second kappa shape index (κ2) is 4.49. The molecule has 104 valence electrons. The SMILES string of the molecule is O=[N+]([O-])c1ccc(-n2ncc3c2-c2scnc2CC3)cc1. The lowest BCUT2D eigenvalue weighted by atomic mass is 10.0. The van der Waals surface area contributed by atoms with E-state index in [1.165, 1.54) is 17.7 Å². The summed E-state index contributed by atoms with van der Waals surface area (Å²) in [4.78, 5) is 15.9. The van der Waals surface area contributed by atoms with E-state index in [0.717, 1.165) is 34.8 Å². The lowest BCUT2D eigenvalue weighted by Crippen LogP contribution is -2.05. The molecule has 6 nitrogen and oxygen atoms in total. The quantitative estimate of drug-likeness (QED) is 0.538. The van der Waals surface area contributed by atoms with Crippen LogP contribution in [0.4, 0.5) is 5.69 Å². The van der Waals surface area contributed by atoms with Crippen LogP contribution < -0.4 is 0 Å². The molecule has 0 unspecified atom stereocenters. The van der Waals surface area contributed by atoms with E-state index in [-0.39, 0.29) is 5.69 Å². The first kappa shape index (κ1) is 12.2. The molecule has 0 bridgehead atoms. The molecule has 21 heavy (non-hydrogen) atoms. The van der Waals surface area contributed by atoms with E-state index < -0.39 is 4.92 Å². The third kappa shape index (κ3) is 1.85. The van der Waals surface area contributed by atoms with Crippen LogP contribution >= 0.6 is 11.3 Å². The third-order valence-corrected chi connectivity index (χ3v) is 4.51. The number of hydrogen-bond donors (Lipinski definition) is 0. The fourth-order valence-corrected chi connectivity index (χ4v) is 3.52. The highest BCUT2D eigenvalue weighted by atomic mass is 32.1. The van der Waals surface area contributed by atoms with Gasteiger partial charge in [-0.15, -0.1) is 11.3 Å². The third-order valence-electron chi connectivity index (χ3n) is 3.64. The molecule has 0 saturated heterocycles. The Hall–Kier alpha value is -2.54. The fraction of sp³-hybridized carbons (Fsp3) is 0.143. The second-order valence-corrected chi connectivity index (χ2v) is 5.69. The molecule has 2 aromatic heterocycles. The monoisotopic (exact) mass is 298 g/mol. The standard InChI is InChI=1S/C14H10N4O2S/c19-18(20)11-4-2-10(3-5-11)17-13-9(7-16-17)1-6-12-14(13)21-8-15-12/h2-5,7-8H,1,6H2. The molecule has 4 rings (SSSR count). The summed E-state index contributed by atoms with van der Waals surface area (Å²) in [5.74, 6) is 0. The van der Waals surface area contributed by atoms with Gasteiger partial charge in [0.2, 0.25) is 0 Å². The predicted octanol–water partition coefficient (Wildman–Crippen LogP) is 3.00. The molecule has 1 aromatic carbocycles. The van der Waals surface area contributed by atoms with Crippen LogP contribution in [0.25, 0.3) is 16.3 Å². The topological polar surface area (TPSA) is 73.8 Å². The largest absolute Gasteiger partial charge is 0.269 e. The molecule has 0 fully saturated rings. The van der Waals surface area contributed by atoms with Gasteiger partial charge in [0.05, 0.1) is 38.6 Å². The van der Waals surface area contributed by atoms with Gasteiger partial charge < -0.3 is 0 Å². The lowest BCUT2D eigenvalue weighted by molar-refractivity contribution is -0.384. The van der Waals surface area contributed by atoms with Crippen molar-refractivity contribution in [1.82, 2.24) is 14.8 Å². The van der Waals surface area contributed by atoms with Crippen molar-refractivity contribution in [2.45, 2.75) is 12.8 Å². The van der Waals surface area contributed by atoms with E-state index in [1.54, 1.807) is 23.5 Å². The summed E-state index contributed by atoms with van der Waals surface area (Å²) < 4.78 is 1.84. The van der Waals surface area contributed by atoms with Gasteiger partial charge in [-0.3, -0.25) is 10.1 Å². The Labute approximate surface area is 123 Å². The first-order valence-electron chi connectivity index (χ1n) is 6.48. The summed E-state index contributed by atoms with van der Waals surface area (Å²) in [5, 5.41) is 15.2. The molecule has 2 heterocycles. The lowest BCUT2D eigenvalue weighted by Gasteiger charge is -2.13. The highest BCUT2D eigenvalue weighted by molar-refractivity contribution is 7.13. The number of aryl methyl sites for hydroxylation is 2. The zero-order chi connectivity index (χ0) is 14.4. The summed E-state index contributed by atoms with van der Waals surface area (Å²) in [6, 6.07) is 6.45. The van der Waals surface area contributed by atoms with Crippen molar-refractivity contribution in [2.75, 3.05) is 0 Å². The molecule has 1 aliphatic carbocycles. The van der Waals surface area contributed by atoms with Crippen LogP contribution in [0, 0.1) is 10.1 Å². The van der Waals surface area contributed by atoms with Crippen LogP contribution in [0.1, 0.15) is 11.3 Å². The fourth-order valence-electron chi connectivity index (χ4n) is 2.61. The molecular weight excluding hydrogens is 288 g/mol. The van der Waals surface area contributed by atoms with Gasteiger partial charge in [0.25, 0.3) is 5.69 Å². The smallest absolute Gasteiger partial charge is 0.258 e. The van der Waals surface area contributed by atoms with Gasteiger partial charge in [0.15, 0.2) is 0 Å². The molecule has 0 saturated carbocycles. The highest BCUT2D eigenvalue weighted by Gasteiger charge is 2.24. The Balaban J connectivity index is 1.85. The number of rotatable bonds is 2. The Kier molecular flexibility index (Phi) is 2.61. The number of non-ortho nitro benzene ring substituents is 1. The van der Waals surface area contributed by atoms with Crippen molar-refractivity contribution >= 4 is 17.0 Å². The number of aromatic nitrogens is 3. The Morgan fingerprint density at radius 2 is 2.05 bits per heavy atom. The summed E-state index contributed by atoms with van der Waals surface area (Å²) in [7, 11) is 0. The summed E-state index contributed by atoms with van der Waals surface area (Å²) in [6.45, 7) is 0. The summed E-state index contributed by atoms with van der Waals surface area (Å²) in [5.41, 5.74) is 6.13. The molecule has 3 aromatic rings. The first-order valence-corrected chi connectivity index (χ1v) is 7.36. The Morgan fingerprint density at radius 1 is 1.24 bits per heavy atom. The predicted molar refractivity (Wildman–Crippen MR) is 78.7 cm³/mol. The van der Waals surface area contributed by atoms with Crippen LogP contribution in [-0.4, -0.2) is 19.7 Å². The Morgan fingerprint density at radius 3 is 2.81 bits per heavy atom. The first-order chi connectivity index (χ1) is 10.2. The number of nitro groups is 1. The van der Waals surface area contributed by atoms with Crippen LogP contribution in [0.3, 0.4) is 0 Å². The number of hydrogen-bond acceptors (Lipinski definition) is 5. The van der Waals surface area contributed by atoms with Gasteiger partial charge >= 0.3 is 0 Å². The van der Waals surface area contributed by atoms with Crippen molar-refractivity contribution in [2.24, 2.45) is 0 Å². The molecular formula is C14H10N4O2S. The molecule has 0 amide bonds. The molecule has 0 N–H and O–H groups in total. The average Bonchev–Trinajstić information content (AvgIpc) is 3.13. The van der Waals surface area contributed by atoms with E-state index in [2.05, 4.69) is 10.1 Å². The zero-order valence-corrected chi connectivity index (χ0v) is 11.7. The van der Waals surface area contributed by atoms with E-state index in [4.69, 9.17) is 0 Å². The number of nitro benzene ring substituents is 1. The van der Waals surface area contributed by atoms with E-state index >= 15 is 0 Å². The van der Waals surface area contributed by atoms with Gasteiger partial charge in [0, 0.05) is 12.1 Å². The van der Waals surface area contributed by atoms with Crippen molar-refractivity contribution in [3.05, 3.63) is 57.3 Å². The normalized spacial score (nSPS) is 12.8. The summed E-state index contributed by atoms with van der Waals surface area (Å²) in [6.07, 6.45) is 3.75. The number of benzene rings is 1. The van der Waals surface area contributed by atoms with Crippen molar-refractivity contribution in [3.8, 4) is 16.3 Å². The van der Waals surface area contributed by atoms with E-state index in [1.807, 2.05) is 16.4 Å². The molecule has 7 heteroatoms. The zero-order valence-electron chi connectivity index (χ0n) is 10.9. The van der Waals surface area contributed by atoms with Gasteiger partial charge in [-0.1, -0.05) is 0 Å². The van der Waals surface area contributed by atoms with Crippen LogP contribution in [-0.2, 0) is 12.8 Å². The Bertz CT molecular complexity index is 835. The maximum absolute atomic E-state index is 10.7. The van der Waals surface area contributed by atoms with E-state index in [9.17, 15) is 10.1 Å².